The van der Waals surface area contributed by atoms with Crippen molar-refractivity contribution in [3.8, 4) is 6.07 Å². The predicted octanol–water partition coefficient (Wildman–Crippen LogP) is 2.76. The van der Waals surface area contributed by atoms with Crippen LogP contribution in [0.25, 0.3) is 0 Å². The molecule has 1 fully saturated rings. The zero-order valence-electron chi connectivity index (χ0n) is 13.2. The normalized spacial score (nSPS) is 18.5. The van der Waals surface area contributed by atoms with Gasteiger partial charge in [-0.1, -0.05) is 36.4 Å². The van der Waals surface area contributed by atoms with E-state index in [1.54, 1.807) is 12.1 Å². The molecule has 1 saturated heterocycles. The van der Waals surface area contributed by atoms with Gasteiger partial charge >= 0.3 is 0 Å². The summed E-state index contributed by atoms with van der Waals surface area (Å²) in [7, 11) is 0. The van der Waals surface area contributed by atoms with Crippen LogP contribution < -0.4 is 5.32 Å². The van der Waals surface area contributed by atoms with Gasteiger partial charge in [-0.2, -0.15) is 5.26 Å². The molecule has 4 nitrogen and oxygen atoms in total. The zero-order chi connectivity index (χ0) is 16.9. The van der Waals surface area contributed by atoms with Gasteiger partial charge in [-0.3, -0.25) is 9.69 Å². The minimum atomic E-state index is -0.506. The number of nitriles is 1. The fraction of sp³-hybridized carbons (Fsp3) is 0.263. The summed E-state index contributed by atoms with van der Waals surface area (Å²) in [4.78, 5) is 14.2. The molecule has 0 aromatic heterocycles. The maximum Gasteiger partial charge on any atom is 0.221 e. The number of hydrogen-bond acceptors (Lipinski definition) is 3. The highest BCUT2D eigenvalue weighted by atomic mass is 19.1. The fourth-order valence-corrected chi connectivity index (χ4v) is 3.06. The molecule has 1 N–H and O–H groups in total. The Labute approximate surface area is 140 Å². The molecule has 122 valence electrons. The highest BCUT2D eigenvalue weighted by Gasteiger charge is 2.26. The second-order valence-corrected chi connectivity index (χ2v) is 5.88. The van der Waals surface area contributed by atoms with Gasteiger partial charge in [0.25, 0.3) is 0 Å². The smallest absolute Gasteiger partial charge is 0.221 e. The first kappa shape index (κ1) is 16.2. The Hall–Kier alpha value is -2.71. The summed E-state index contributed by atoms with van der Waals surface area (Å²) in [5, 5.41) is 11.9. The molecule has 1 aliphatic rings. The van der Waals surface area contributed by atoms with E-state index in [4.69, 9.17) is 5.26 Å². The van der Waals surface area contributed by atoms with Crippen molar-refractivity contribution >= 4 is 5.91 Å². The Morgan fingerprint density at radius 2 is 2.04 bits per heavy atom. The third-order valence-electron chi connectivity index (χ3n) is 4.26. The highest BCUT2D eigenvalue weighted by Crippen LogP contribution is 2.27. The maximum atomic E-state index is 13.5. The minimum Gasteiger partial charge on any atom is -0.355 e. The van der Waals surface area contributed by atoms with Crippen molar-refractivity contribution in [2.75, 3.05) is 13.1 Å². The largest absolute Gasteiger partial charge is 0.355 e. The Bertz CT molecular complexity index is 770. The second-order valence-electron chi connectivity index (χ2n) is 5.88. The van der Waals surface area contributed by atoms with Crippen LogP contribution in [-0.4, -0.2) is 23.9 Å². The summed E-state index contributed by atoms with van der Waals surface area (Å²) >= 11 is 0. The number of hydrogen-bond donors (Lipinski definition) is 1. The second kappa shape index (κ2) is 7.24. The molecule has 0 saturated carbocycles. The topological polar surface area (TPSA) is 56.1 Å². The molecule has 3 rings (SSSR count). The molecule has 1 amide bonds. The van der Waals surface area contributed by atoms with E-state index in [0.717, 1.165) is 11.1 Å². The van der Waals surface area contributed by atoms with E-state index >= 15 is 0 Å². The average Bonchev–Trinajstić information content (AvgIpc) is 2.79. The van der Waals surface area contributed by atoms with Crippen molar-refractivity contribution in [2.24, 2.45) is 0 Å². The molecular formula is C19H18FN3O. The quantitative estimate of drug-likeness (QED) is 0.945. The molecule has 2 aromatic rings. The van der Waals surface area contributed by atoms with Gasteiger partial charge in [0.1, 0.15) is 11.9 Å². The summed E-state index contributed by atoms with van der Waals surface area (Å²) in [5.74, 6) is -0.475. The summed E-state index contributed by atoms with van der Waals surface area (Å²) < 4.78 is 13.5. The molecule has 1 aliphatic heterocycles. The lowest BCUT2D eigenvalue weighted by atomic mass is 10.0. The monoisotopic (exact) mass is 323 g/mol. The third kappa shape index (κ3) is 3.61. The van der Waals surface area contributed by atoms with E-state index < -0.39 is 5.82 Å². The van der Waals surface area contributed by atoms with Crippen LogP contribution >= 0.6 is 0 Å². The van der Waals surface area contributed by atoms with E-state index in [9.17, 15) is 9.18 Å². The van der Waals surface area contributed by atoms with Gasteiger partial charge in [-0.05, 0) is 23.3 Å². The fourth-order valence-electron chi connectivity index (χ4n) is 3.06. The van der Waals surface area contributed by atoms with Crippen LogP contribution in [0.1, 0.15) is 29.2 Å². The molecule has 0 radical (unpaired) electrons. The molecule has 0 spiro atoms. The van der Waals surface area contributed by atoms with Crippen molar-refractivity contribution in [1.29, 1.82) is 5.26 Å². The van der Waals surface area contributed by atoms with Crippen LogP contribution in [-0.2, 0) is 11.3 Å². The Morgan fingerprint density at radius 1 is 1.25 bits per heavy atom. The molecule has 24 heavy (non-hydrogen) atoms. The van der Waals surface area contributed by atoms with E-state index in [0.29, 0.717) is 26.1 Å². The summed E-state index contributed by atoms with van der Waals surface area (Å²) in [6.07, 6.45) is 0.385. The summed E-state index contributed by atoms with van der Waals surface area (Å²) in [6.45, 7) is 1.84. The Balaban J connectivity index is 1.88. The van der Waals surface area contributed by atoms with E-state index in [1.807, 2.05) is 36.4 Å². The van der Waals surface area contributed by atoms with Crippen molar-refractivity contribution in [2.45, 2.75) is 19.0 Å². The van der Waals surface area contributed by atoms with Crippen LogP contribution in [0.15, 0.2) is 48.5 Å². The molecule has 5 heteroatoms. The van der Waals surface area contributed by atoms with Gasteiger partial charge in [-0.15, -0.1) is 0 Å². The van der Waals surface area contributed by atoms with Crippen LogP contribution in [0.3, 0.4) is 0 Å². The first-order valence-electron chi connectivity index (χ1n) is 7.91. The molecule has 1 heterocycles. The number of rotatable bonds is 3. The Kier molecular flexibility index (Phi) is 4.88. The van der Waals surface area contributed by atoms with E-state index in [-0.39, 0.29) is 17.5 Å². The molecule has 2 aromatic carbocycles. The Morgan fingerprint density at radius 3 is 2.79 bits per heavy atom. The predicted molar refractivity (Wildman–Crippen MR) is 88.3 cm³/mol. The molecular weight excluding hydrogens is 305 g/mol. The first-order chi connectivity index (χ1) is 11.7. The van der Waals surface area contributed by atoms with E-state index in [1.165, 1.54) is 6.07 Å². The van der Waals surface area contributed by atoms with Gasteiger partial charge in [0, 0.05) is 32.1 Å². The molecule has 1 atom stereocenters. The zero-order valence-corrected chi connectivity index (χ0v) is 13.2. The number of nitrogens with zero attached hydrogens (tertiary/aromatic N) is 2. The van der Waals surface area contributed by atoms with Crippen molar-refractivity contribution in [1.82, 2.24) is 10.2 Å². The van der Waals surface area contributed by atoms with Crippen LogP contribution in [0.5, 0.6) is 0 Å². The van der Waals surface area contributed by atoms with Crippen molar-refractivity contribution in [3.05, 3.63) is 71.0 Å². The van der Waals surface area contributed by atoms with Crippen LogP contribution in [0.4, 0.5) is 4.39 Å². The van der Waals surface area contributed by atoms with Crippen molar-refractivity contribution in [3.63, 3.8) is 0 Å². The van der Waals surface area contributed by atoms with Gasteiger partial charge < -0.3 is 5.32 Å². The molecule has 0 unspecified atom stereocenters. The summed E-state index contributed by atoms with van der Waals surface area (Å²) in [6, 6.07) is 16.3. The number of nitrogens with one attached hydrogen (secondary N) is 1. The molecule has 0 aliphatic carbocycles. The first-order valence-corrected chi connectivity index (χ1v) is 7.91. The minimum absolute atomic E-state index is 0.0307. The standard InChI is InChI=1S/C19H18FN3O/c20-17-7-6-14(10-16(17)12-21)13-23-9-8-22-19(24)11-18(23)15-4-2-1-3-5-15/h1-7,10,18H,8-9,11,13H2,(H,22,24)/t18-/m1/s1. The van der Waals surface area contributed by atoms with Gasteiger partial charge in [-0.25, -0.2) is 4.39 Å². The van der Waals surface area contributed by atoms with E-state index in [2.05, 4.69) is 10.2 Å². The highest BCUT2D eigenvalue weighted by molar-refractivity contribution is 5.77. The summed E-state index contributed by atoms with van der Waals surface area (Å²) in [5.41, 5.74) is 1.99. The number of carbonyl (C=O) groups excluding carboxylic acids is 1. The maximum absolute atomic E-state index is 13.5. The van der Waals surface area contributed by atoms with Gasteiger partial charge in [0.15, 0.2) is 0 Å². The average molecular weight is 323 g/mol. The number of carbonyl (C=O) groups is 1. The van der Waals surface area contributed by atoms with Crippen LogP contribution in [0, 0.1) is 17.1 Å². The lowest BCUT2D eigenvalue weighted by Crippen LogP contribution is -2.30. The lowest BCUT2D eigenvalue weighted by molar-refractivity contribution is -0.121. The van der Waals surface area contributed by atoms with Gasteiger partial charge in [0.2, 0.25) is 5.91 Å². The SMILES string of the molecule is N#Cc1cc(CN2CCNC(=O)C[C@@H]2c2ccccc2)ccc1F. The molecule has 0 bridgehead atoms. The number of halogens is 1. The number of benzene rings is 2. The lowest BCUT2D eigenvalue weighted by Gasteiger charge is -2.29. The number of amides is 1. The third-order valence-corrected chi connectivity index (χ3v) is 4.26. The van der Waals surface area contributed by atoms with Crippen molar-refractivity contribution < 1.29 is 9.18 Å². The van der Waals surface area contributed by atoms with Gasteiger partial charge in [0.05, 0.1) is 5.56 Å². The van der Waals surface area contributed by atoms with Crippen LogP contribution in [0.2, 0.25) is 0 Å².